The molecule has 0 radical (unpaired) electrons. The minimum absolute atomic E-state index is 0.362. The van der Waals surface area contributed by atoms with Crippen molar-refractivity contribution in [1.82, 2.24) is 0 Å². The van der Waals surface area contributed by atoms with Crippen LogP contribution in [-0.4, -0.2) is 29.7 Å². The van der Waals surface area contributed by atoms with Crippen molar-refractivity contribution in [2.75, 3.05) is 12.3 Å². The van der Waals surface area contributed by atoms with Crippen LogP contribution in [0.5, 0.6) is 0 Å². The van der Waals surface area contributed by atoms with Crippen LogP contribution in [0.4, 0.5) is 0 Å². The molecule has 1 aromatic carbocycles. The van der Waals surface area contributed by atoms with E-state index in [2.05, 4.69) is 65.0 Å². The molecule has 1 unspecified atom stereocenters. The summed E-state index contributed by atoms with van der Waals surface area (Å²) in [6.07, 6.45) is 3.23. The van der Waals surface area contributed by atoms with Crippen molar-refractivity contribution >= 4 is 12.6 Å². The van der Waals surface area contributed by atoms with Crippen molar-refractivity contribution in [3.05, 3.63) is 30.3 Å². The predicted molar refractivity (Wildman–Crippen MR) is 82.5 cm³/mol. The molecule has 0 aliphatic carbocycles. The van der Waals surface area contributed by atoms with Gasteiger partial charge in [-0.3, -0.25) is 0 Å². The van der Waals surface area contributed by atoms with E-state index in [9.17, 15) is 0 Å². The molecule has 0 aromatic heterocycles. The maximum atomic E-state index is 5.99. The molecule has 1 nitrogen and oxygen atoms in total. The number of rotatable bonds is 1. The highest BCUT2D eigenvalue weighted by Gasteiger charge is 2.55. The third-order valence-electron chi connectivity index (χ3n) is 4.14. The van der Waals surface area contributed by atoms with Gasteiger partial charge in [0.1, 0.15) is 0 Å². The number of ether oxygens (including phenoxy) is 1. The SMILES string of the molecule is C[C@@H]1C[P+](c2ccccc2)(C(C)(C)C)C[C@H](C)O1. The summed E-state index contributed by atoms with van der Waals surface area (Å²) in [6, 6.07) is 11.2. The summed E-state index contributed by atoms with van der Waals surface area (Å²) in [4.78, 5) is 0. The molecule has 0 spiro atoms. The largest absolute Gasteiger partial charge is 0.368 e. The van der Waals surface area contributed by atoms with Gasteiger partial charge in [0, 0.05) is 0 Å². The topological polar surface area (TPSA) is 9.23 Å². The normalized spacial score (nSPS) is 33.4. The second kappa shape index (κ2) is 4.94. The molecule has 2 heteroatoms. The third-order valence-corrected chi connectivity index (χ3v) is 10.3. The van der Waals surface area contributed by atoms with Gasteiger partial charge in [0.2, 0.25) is 0 Å². The Bertz CT molecular complexity index is 383. The van der Waals surface area contributed by atoms with Gasteiger partial charge in [0.05, 0.1) is 42.3 Å². The molecular formula is C16H26OP+. The van der Waals surface area contributed by atoms with E-state index in [0.717, 1.165) is 0 Å². The van der Waals surface area contributed by atoms with Gasteiger partial charge >= 0.3 is 0 Å². The Morgan fingerprint density at radius 1 is 1.00 bits per heavy atom. The average molecular weight is 265 g/mol. The Morgan fingerprint density at radius 2 is 1.50 bits per heavy atom. The monoisotopic (exact) mass is 265 g/mol. The highest BCUT2D eigenvalue weighted by atomic mass is 31.2. The van der Waals surface area contributed by atoms with Gasteiger partial charge in [-0.1, -0.05) is 18.2 Å². The molecule has 1 saturated heterocycles. The Balaban J connectivity index is 2.48. The molecule has 0 amide bonds. The fraction of sp³-hybridized carbons (Fsp3) is 0.625. The summed E-state index contributed by atoms with van der Waals surface area (Å²) in [5.41, 5.74) is 0. The third kappa shape index (κ3) is 2.49. The van der Waals surface area contributed by atoms with Crippen LogP contribution in [0.1, 0.15) is 34.6 Å². The molecule has 1 fully saturated rings. The van der Waals surface area contributed by atoms with Crippen LogP contribution in [0.3, 0.4) is 0 Å². The van der Waals surface area contributed by atoms with Gasteiger partial charge in [-0.25, -0.2) is 0 Å². The molecule has 2 rings (SSSR count). The van der Waals surface area contributed by atoms with Gasteiger partial charge in [-0.05, 0) is 46.8 Å². The van der Waals surface area contributed by atoms with Gasteiger partial charge in [0.15, 0.2) is 0 Å². The zero-order valence-electron chi connectivity index (χ0n) is 12.3. The van der Waals surface area contributed by atoms with Crippen molar-refractivity contribution in [2.45, 2.75) is 52.0 Å². The van der Waals surface area contributed by atoms with E-state index in [-0.39, 0.29) is 0 Å². The summed E-state index contributed by atoms with van der Waals surface area (Å²) in [5.74, 6) is 0. The van der Waals surface area contributed by atoms with Crippen molar-refractivity contribution in [1.29, 1.82) is 0 Å². The molecule has 18 heavy (non-hydrogen) atoms. The van der Waals surface area contributed by atoms with Crippen molar-refractivity contribution in [3.8, 4) is 0 Å². The lowest BCUT2D eigenvalue weighted by Gasteiger charge is -2.44. The van der Waals surface area contributed by atoms with Crippen LogP contribution in [0.2, 0.25) is 0 Å². The number of hydrogen-bond donors (Lipinski definition) is 0. The lowest BCUT2D eigenvalue weighted by atomic mass is 10.2. The number of hydrogen-bond acceptors (Lipinski definition) is 1. The smallest absolute Gasteiger partial charge is 0.0946 e. The Hall–Kier alpha value is -0.390. The summed E-state index contributed by atoms with van der Waals surface area (Å²) in [5, 5.41) is 1.94. The van der Waals surface area contributed by atoms with Gasteiger partial charge in [0.25, 0.3) is 0 Å². The second-order valence-corrected chi connectivity index (χ2v) is 11.1. The molecule has 100 valence electrons. The zero-order chi connectivity index (χ0) is 13.4. The fourth-order valence-electron chi connectivity index (χ4n) is 3.29. The molecule has 0 saturated carbocycles. The molecule has 0 N–H and O–H groups in total. The van der Waals surface area contributed by atoms with Crippen molar-refractivity contribution < 1.29 is 4.74 Å². The van der Waals surface area contributed by atoms with Crippen molar-refractivity contribution in [2.24, 2.45) is 0 Å². The summed E-state index contributed by atoms with van der Waals surface area (Å²) in [7, 11) is -1.16. The van der Waals surface area contributed by atoms with Gasteiger partial charge in [-0.15, -0.1) is 0 Å². The van der Waals surface area contributed by atoms with Gasteiger partial charge in [-0.2, -0.15) is 0 Å². The summed E-state index contributed by atoms with van der Waals surface area (Å²) >= 11 is 0. The van der Waals surface area contributed by atoms with Crippen LogP contribution >= 0.6 is 7.26 Å². The predicted octanol–water partition coefficient (Wildman–Crippen LogP) is 3.94. The van der Waals surface area contributed by atoms with E-state index in [4.69, 9.17) is 4.74 Å². The first kappa shape index (κ1) is 14.0. The van der Waals surface area contributed by atoms with E-state index in [1.165, 1.54) is 12.3 Å². The maximum Gasteiger partial charge on any atom is 0.0946 e. The fourth-order valence-corrected chi connectivity index (χ4v) is 8.41. The van der Waals surface area contributed by atoms with Crippen LogP contribution in [0.25, 0.3) is 0 Å². The van der Waals surface area contributed by atoms with Crippen molar-refractivity contribution in [3.63, 3.8) is 0 Å². The van der Waals surface area contributed by atoms with E-state index in [1.807, 2.05) is 0 Å². The molecule has 1 heterocycles. The molecule has 1 aromatic rings. The first-order chi connectivity index (χ1) is 8.35. The van der Waals surface area contributed by atoms with Crippen LogP contribution in [0.15, 0.2) is 30.3 Å². The second-order valence-electron chi connectivity index (χ2n) is 6.60. The summed E-state index contributed by atoms with van der Waals surface area (Å²) < 4.78 is 5.99. The minimum Gasteiger partial charge on any atom is -0.368 e. The molecule has 0 bridgehead atoms. The minimum atomic E-state index is -1.16. The Morgan fingerprint density at radius 3 is 1.94 bits per heavy atom. The van der Waals surface area contributed by atoms with E-state index < -0.39 is 7.26 Å². The van der Waals surface area contributed by atoms with E-state index in [1.54, 1.807) is 5.30 Å². The molecule has 3 atom stereocenters. The number of benzene rings is 1. The highest BCUT2D eigenvalue weighted by Crippen LogP contribution is 2.69. The first-order valence-corrected chi connectivity index (χ1v) is 9.09. The van der Waals surface area contributed by atoms with E-state index in [0.29, 0.717) is 17.4 Å². The molecule has 1 aliphatic heterocycles. The Kier molecular flexibility index (Phi) is 3.85. The van der Waals surface area contributed by atoms with Crippen LogP contribution in [0, 0.1) is 0 Å². The zero-order valence-corrected chi connectivity index (χ0v) is 13.2. The Labute approximate surface area is 112 Å². The van der Waals surface area contributed by atoms with Crippen LogP contribution in [-0.2, 0) is 4.74 Å². The highest BCUT2D eigenvalue weighted by molar-refractivity contribution is 7.84. The van der Waals surface area contributed by atoms with Gasteiger partial charge < -0.3 is 4.74 Å². The maximum absolute atomic E-state index is 5.99. The standard InChI is InChI=1S/C16H26OP/c1-13-11-18(16(3,4)5,12-14(2)17-13)15-9-7-6-8-10-15/h6-10,13-14H,11-12H2,1-5H3/q+1/t13-,14+,18?. The lowest BCUT2D eigenvalue weighted by molar-refractivity contribution is 0.0253. The average Bonchev–Trinajstić information content (AvgIpc) is 2.27. The summed E-state index contributed by atoms with van der Waals surface area (Å²) in [6.45, 7) is 11.7. The molecular weight excluding hydrogens is 239 g/mol. The quantitative estimate of drug-likeness (QED) is 0.699. The lowest BCUT2D eigenvalue weighted by Crippen LogP contribution is -2.44. The first-order valence-electron chi connectivity index (χ1n) is 6.93. The molecule has 1 aliphatic rings. The van der Waals surface area contributed by atoms with E-state index >= 15 is 0 Å². The van der Waals surface area contributed by atoms with Crippen LogP contribution < -0.4 is 5.30 Å².